The summed E-state index contributed by atoms with van der Waals surface area (Å²) in [6.45, 7) is 0.737. The molecule has 4 heteroatoms. The fourth-order valence-electron chi connectivity index (χ4n) is 1.83. The van der Waals surface area contributed by atoms with Crippen LogP contribution in [-0.2, 0) is 5.75 Å². The molecule has 0 radical (unpaired) electrons. The van der Waals surface area contributed by atoms with Gasteiger partial charge in [-0.15, -0.1) is 0 Å². The lowest BCUT2D eigenvalue weighted by Gasteiger charge is -2.07. The Morgan fingerprint density at radius 1 is 0.952 bits per heavy atom. The van der Waals surface area contributed by atoms with Crippen LogP contribution in [0.2, 0.25) is 0 Å². The maximum atomic E-state index is 5.69. The van der Waals surface area contributed by atoms with Crippen LogP contribution in [0.25, 0.3) is 0 Å². The average molecular weight is 303 g/mol. The smallest absolute Gasteiger partial charge is 0.119 e. The first-order valence-electron chi connectivity index (χ1n) is 6.97. The maximum Gasteiger partial charge on any atom is 0.119 e. The van der Waals surface area contributed by atoms with Gasteiger partial charge < -0.3 is 15.2 Å². The molecule has 3 nitrogen and oxygen atoms in total. The molecule has 0 heterocycles. The number of anilines is 1. The molecule has 0 aliphatic heterocycles. The Labute approximate surface area is 130 Å². The molecule has 2 aromatic carbocycles. The van der Waals surface area contributed by atoms with Gasteiger partial charge in [0.1, 0.15) is 11.5 Å². The Hall–Kier alpha value is -1.81. The third-order valence-electron chi connectivity index (χ3n) is 3.01. The van der Waals surface area contributed by atoms with E-state index < -0.39 is 0 Å². The molecule has 0 fully saturated rings. The third kappa shape index (κ3) is 5.60. The summed E-state index contributed by atoms with van der Waals surface area (Å²) in [6.07, 6.45) is 1.03. The van der Waals surface area contributed by atoms with Crippen LogP contribution in [0, 0.1) is 0 Å². The largest absolute Gasteiger partial charge is 0.497 e. The quantitative estimate of drug-likeness (QED) is 0.592. The molecule has 0 saturated carbocycles. The van der Waals surface area contributed by atoms with Crippen molar-refractivity contribution in [3.63, 3.8) is 0 Å². The van der Waals surface area contributed by atoms with Crippen molar-refractivity contribution in [3.05, 3.63) is 54.1 Å². The number of ether oxygens (including phenoxy) is 2. The second-order valence-corrected chi connectivity index (χ2v) is 5.78. The van der Waals surface area contributed by atoms with Crippen molar-refractivity contribution in [2.45, 2.75) is 12.2 Å². The minimum absolute atomic E-state index is 0.737. The molecule has 0 unspecified atom stereocenters. The van der Waals surface area contributed by atoms with Gasteiger partial charge in [-0.2, -0.15) is 11.8 Å². The first-order chi connectivity index (χ1) is 10.3. The van der Waals surface area contributed by atoms with Crippen LogP contribution in [0.4, 0.5) is 5.69 Å². The second kappa shape index (κ2) is 8.47. The van der Waals surface area contributed by atoms with E-state index >= 15 is 0 Å². The first-order valence-corrected chi connectivity index (χ1v) is 8.12. The van der Waals surface area contributed by atoms with Gasteiger partial charge in [-0.05, 0) is 54.1 Å². The van der Waals surface area contributed by atoms with Gasteiger partial charge in [0.15, 0.2) is 0 Å². The third-order valence-corrected chi connectivity index (χ3v) is 4.12. The van der Waals surface area contributed by atoms with Gasteiger partial charge in [0.25, 0.3) is 0 Å². The van der Waals surface area contributed by atoms with E-state index in [0.717, 1.165) is 41.7 Å². The predicted molar refractivity (Wildman–Crippen MR) is 90.1 cm³/mol. The van der Waals surface area contributed by atoms with Gasteiger partial charge >= 0.3 is 0 Å². The summed E-state index contributed by atoms with van der Waals surface area (Å²) in [5, 5.41) is 0. The molecule has 2 N–H and O–H groups in total. The molecule has 0 aliphatic rings. The van der Waals surface area contributed by atoms with Crippen molar-refractivity contribution in [1.29, 1.82) is 0 Å². The van der Waals surface area contributed by atoms with E-state index in [2.05, 4.69) is 12.1 Å². The topological polar surface area (TPSA) is 44.5 Å². The van der Waals surface area contributed by atoms with Gasteiger partial charge in [-0.1, -0.05) is 12.1 Å². The highest BCUT2D eigenvalue weighted by molar-refractivity contribution is 7.98. The van der Waals surface area contributed by atoms with Crippen molar-refractivity contribution in [2.24, 2.45) is 0 Å². The number of nitrogens with two attached hydrogens (primary N) is 1. The minimum atomic E-state index is 0.737. The number of rotatable bonds is 8. The molecule has 2 rings (SSSR count). The SMILES string of the molecule is COc1ccc(OCCCSCc2ccc(N)cc2)cc1. The van der Waals surface area contributed by atoms with Crippen LogP contribution in [0.3, 0.4) is 0 Å². The van der Waals surface area contributed by atoms with Crippen LogP contribution in [0.5, 0.6) is 11.5 Å². The number of nitrogen functional groups attached to an aromatic ring is 1. The highest BCUT2D eigenvalue weighted by Gasteiger charge is 1.97. The van der Waals surface area contributed by atoms with Gasteiger partial charge in [0.2, 0.25) is 0 Å². The van der Waals surface area contributed by atoms with E-state index in [1.54, 1.807) is 7.11 Å². The Balaban J connectivity index is 1.58. The van der Waals surface area contributed by atoms with Gasteiger partial charge in [0, 0.05) is 11.4 Å². The predicted octanol–water partition coefficient (Wildman–Crippen LogP) is 3.98. The molecule has 0 atom stereocenters. The Morgan fingerprint density at radius 3 is 2.29 bits per heavy atom. The van der Waals surface area contributed by atoms with E-state index in [0.29, 0.717) is 0 Å². The molecular formula is C17H21NO2S. The lowest BCUT2D eigenvalue weighted by atomic mass is 10.2. The Kier molecular flexibility index (Phi) is 6.28. The monoisotopic (exact) mass is 303 g/mol. The number of thioether (sulfide) groups is 1. The second-order valence-electron chi connectivity index (χ2n) is 4.67. The molecule has 0 bridgehead atoms. The number of hydrogen-bond donors (Lipinski definition) is 1. The summed E-state index contributed by atoms with van der Waals surface area (Å²) < 4.78 is 10.8. The highest BCUT2D eigenvalue weighted by atomic mass is 32.2. The van der Waals surface area contributed by atoms with Crippen molar-refractivity contribution in [2.75, 3.05) is 25.2 Å². The van der Waals surface area contributed by atoms with Crippen molar-refractivity contribution < 1.29 is 9.47 Å². The highest BCUT2D eigenvalue weighted by Crippen LogP contribution is 2.18. The van der Waals surface area contributed by atoms with E-state index in [9.17, 15) is 0 Å². The molecule has 0 saturated heterocycles. The van der Waals surface area contributed by atoms with E-state index in [1.807, 2.05) is 48.2 Å². The normalized spacial score (nSPS) is 10.3. The molecule has 2 aromatic rings. The number of benzene rings is 2. The number of hydrogen-bond acceptors (Lipinski definition) is 4. The average Bonchev–Trinajstić information content (AvgIpc) is 2.53. The van der Waals surface area contributed by atoms with Crippen LogP contribution in [0.1, 0.15) is 12.0 Å². The van der Waals surface area contributed by atoms with Crippen LogP contribution >= 0.6 is 11.8 Å². The summed E-state index contributed by atoms with van der Waals surface area (Å²) in [5.74, 6) is 3.84. The zero-order valence-corrected chi connectivity index (χ0v) is 13.1. The summed E-state index contributed by atoms with van der Waals surface area (Å²) >= 11 is 1.91. The zero-order chi connectivity index (χ0) is 14.9. The molecule has 0 aliphatic carbocycles. The lowest BCUT2D eigenvalue weighted by Crippen LogP contribution is -1.99. The summed E-state index contributed by atoms with van der Waals surface area (Å²) in [7, 11) is 1.66. The van der Waals surface area contributed by atoms with Gasteiger partial charge in [-0.3, -0.25) is 0 Å². The van der Waals surface area contributed by atoms with Crippen molar-refractivity contribution >= 4 is 17.4 Å². The molecule has 0 amide bonds. The first kappa shape index (κ1) is 15.6. The van der Waals surface area contributed by atoms with Crippen molar-refractivity contribution in [3.8, 4) is 11.5 Å². The van der Waals surface area contributed by atoms with E-state index in [-0.39, 0.29) is 0 Å². The summed E-state index contributed by atoms with van der Waals surface area (Å²) in [4.78, 5) is 0. The molecule has 0 aromatic heterocycles. The van der Waals surface area contributed by atoms with Crippen LogP contribution < -0.4 is 15.2 Å². The van der Waals surface area contributed by atoms with Gasteiger partial charge in [0.05, 0.1) is 13.7 Å². The van der Waals surface area contributed by atoms with E-state index in [1.165, 1.54) is 5.56 Å². The summed E-state index contributed by atoms with van der Waals surface area (Å²) in [5.41, 5.74) is 7.79. The maximum absolute atomic E-state index is 5.69. The Morgan fingerprint density at radius 2 is 1.62 bits per heavy atom. The zero-order valence-electron chi connectivity index (χ0n) is 12.2. The molecular weight excluding hydrogens is 282 g/mol. The van der Waals surface area contributed by atoms with Gasteiger partial charge in [-0.25, -0.2) is 0 Å². The Bertz CT molecular complexity index is 525. The standard InChI is InChI=1S/C17H21NO2S/c1-19-16-7-9-17(10-8-16)20-11-2-12-21-13-14-3-5-15(18)6-4-14/h3-10H,2,11-13,18H2,1H3. The lowest BCUT2D eigenvalue weighted by molar-refractivity contribution is 0.318. The molecule has 112 valence electrons. The summed E-state index contributed by atoms with van der Waals surface area (Å²) in [6, 6.07) is 15.7. The van der Waals surface area contributed by atoms with E-state index in [4.69, 9.17) is 15.2 Å². The fraction of sp³-hybridized carbons (Fsp3) is 0.294. The van der Waals surface area contributed by atoms with Crippen molar-refractivity contribution in [1.82, 2.24) is 0 Å². The fourth-order valence-corrected chi connectivity index (χ4v) is 2.72. The number of methoxy groups -OCH3 is 1. The van der Waals surface area contributed by atoms with Crippen LogP contribution in [0.15, 0.2) is 48.5 Å². The molecule has 21 heavy (non-hydrogen) atoms. The minimum Gasteiger partial charge on any atom is -0.497 e. The molecule has 0 spiro atoms. The van der Waals surface area contributed by atoms with Crippen LogP contribution in [-0.4, -0.2) is 19.5 Å².